The van der Waals surface area contributed by atoms with E-state index in [0.717, 1.165) is 31.4 Å². The maximum atomic E-state index is 11.6. The summed E-state index contributed by atoms with van der Waals surface area (Å²) < 4.78 is 5.36. The quantitative estimate of drug-likeness (QED) is 0.747. The number of ether oxygens (including phenoxy) is 1. The molecule has 0 amide bonds. The van der Waals surface area contributed by atoms with Gasteiger partial charge >= 0.3 is 0 Å². The van der Waals surface area contributed by atoms with Crippen LogP contribution in [-0.4, -0.2) is 12.9 Å². The Hall–Kier alpha value is -1.31. The Morgan fingerprint density at radius 3 is 2.94 bits per heavy atom. The van der Waals surface area contributed by atoms with Crippen molar-refractivity contribution in [3.63, 3.8) is 0 Å². The molecule has 1 aliphatic rings. The van der Waals surface area contributed by atoms with E-state index < -0.39 is 0 Å². The number of hydrogen-bond acceptors (Lipinski definition) is 2. The summed E-state index contributed by atoms with van der Waals surface area (Å²) >= 11 is 0. The van der Waals surface area contributed by atoms with Gasteiger partial charge in [0.2, 0.25) is 0 Å². The molecule has 92 valence electrons. The van der Waals surface area contributed by atoms with E-state index in [1.807, 2.05) is 18.2 Å². The highest BCUT2D eigenvalue weighted by atomic mass is 16.5. The Kier molecular flexibility index (Phi) is 4.18. The molecule has 0 N–H and O–H groups in total. The fourth-order valence-corrected chi connectivity index (χ4v) is 2.64. The van der Waals surface area contributed by atoms with Gasteiger partial charge in [0.15, 0.2) is 0 Å². The van der Waals surface area contributed by atoms with E-state index >= 15 is 0 Å². The van der Waals surface area contributed by atoms with Gasteiger partial charge in [-0.15, -0.1) is 0 Å². The fraction of sp³-hybridized carbons (Fsp3) is 0.533. The van der Waals surface area contributed by atoms with Crippen LogP contribution in [0.5, 0.6) is 5.75 Å². The molecule has 0 spiro atoms. The standard InChI is InChI=1S/C15H20O2/c1-17-15-9-5-3-7-13(15)10-12-6-2-4-8-14(16)11-12/h3,5,7,9,12H,2,4,6,8,10-11H2,1H3. The zero-order valence-corrected chi connectivity index (χ0v) is 10.4. The van der Waals surface area contributed by atoms with Gasteiger partial charge in [-0.2, -0.15) is 0 Å². The van der Waals surface area contributed by atoms with Crippen LogP contribution in [0.2, 0.25) is 0 Å². The number of hydrogen-bond donors (Lipinski definition) is 0. The summed E-state index contributed by atoms with van der Waals surface area (Å²) in [6.45, 7) is 0. The van der Waals surface area contributed by atoms with Crippen molar-refractivity contribution in [1.82, 2.24) is 0 Å². The number of benzene rings is 1. The number of ketones is 1. The lowest BCUT2D eigenvalue weighted by Crippen LogP contribution is -2.09. The average Bonchev–Trinajstić information content (AvgIpc) is 2.54. The molecule has 1 fully saturated rings. The summed E-state index contributed by atoms with van der Waals surface area (Å²) in [6, 6.07) is 8.12. The highest BCUT2D eigenvalue weighted by Gasteiger charge is 2.19. The summed E-state index contributed by atoms with van der Waals surface area (Å²) in [7, 11) is 1.71. The summed E-state index contributed by atoms with van der Waals surface area (Å²) in [5.41, 5.74) is 1.23. The predicted molar refractivity (Wildman–Crippen MR) is 68.3 cm³/mol. The van der Waals surface area contributed by atoms with E-state index in [1.54, 1.807) is 7.11 Å². The number of Topliss-reactive ketones (excluding diaryl/α,β-unsaturated/α-hetero) is 1. The van der Waals surface area contributed by atoms with Gasteiger partial charge in [-0.05, 0) is 36.8 Å². The molecule has 1 aromatic rings. The summed E-state index contributed by atoms with van der Waals surface area (Å²) in [5, 5.41) is 0. The Labute approximate surface area is 103 Å². The van der Waals surface area contributed by atoms with Gasteiger partial charge in [0, 0.05) is 12.8 Å². The summed E-state index contributed by atoms with van der Waals surface area (Å²) in [4.78, 5) is 11.6. The molecule has 0 radical (unpaired) electrons. The summed E-state index contributed by atoms with van der Waals surface area (Å²) in [5.74, 6) is 1.88. The Morgan fingerprint density at radius 2 is 2.12 bits per heavy atom. The predicted octanol–water partition coefficient (Wildman–Crippen LogP) is 3.39. The smallest absolute Gasteiger partial charge is 0.133 e. The van der Waals surface area contributed by atoms with E-state index in [2.05, 4.69) is 6.07 Å². The van der Waals surface area contributed by atoms with E-state index in [-0.39, 0.29) is 0 Å². The number of carbonyl (C=O) groups excluding carboxylic acids is 1. The third kappa shape index (κ3) is 3.32. The second-order valence-electron chi connectivity index (χ2n) is 4.87. The van der Waals surface area contributed by atoms with Crippen molar-refractivity contribution < 1.29 is 9.53 Å². The van der Waals surface area contributed by atoms with Gasteiger partial charge in [-0.1, -0.05) is 24.6 Å². The van der Waals surface area contributed by atoms with Crippen molar-refractivity contribution in [3.8, 4) is 5.75 Å². The average molecular weight is 232 g/mol. The molecule has 0 bridgehead atoms. The van der Waals surface area contributed by atoms with Gasteiger partial charge < -0.3 is 4.74 Å². The molecule has 17 heavy (non-hydrogen) atoms. The molecule has 1 aromatic carbocycles. The molecule has 0 aliphatic heterocycles. The normalized spacial score (nSPS) is 21.0. The van der Waals surface area contributed by atoms with Crippen molar-refractivity contribution in [3.05, 3.63) is 29.8 Å². The Morgan fingerprint density at radius 1 is 1.29 bits per heavy atom. The van der Waals surface area contributed by atoms with Crippen LogP contribution in [0.1, 0.15) is 37.7 Å². The monoisotopic (exact) mass is 232 g/mol. The van der Waals surface area contributed by atoms with Crippen molar-refractivity contribution in [2.24, 2.45) is 5.92 Å². The first kappa shape index (κ1) is 12.2. The molecule has 1 unspecified atom stereocenters. The first-order valence-electron chi connectivity index (χ1n) is 6.43. The van der Waals surface area contributed by atoms with Crippen LogP contribution in [0.15, 0.2) is 24.3 Å². The van der Waals surface area contributed by atoms with Gasteiger partial charge in [0.25, 0.3) is 0 Å². The van der Waals surface area contributed by atoms with Crippen LogP contribution in [-0.2, 0) is 11.2 Å². The molecular formula is C15H20O2. The molecule has 1 saturated carbocycles. The highest BCUT2D eigenvalue weighted by Crippen LogP contribution is 2.28. The lowest BCUT2D eigenvalue weighted by molar-refractivity contribution is -0.119. The van der Waals surface area contributed by atoms with Crippen LogP contribution in [0.25, 0.3) is 0 Å². The molecule has 0 aromatic heterocycles. The first-order valence-corrected chi connectivity index (χ1v) is 6.43. The SMILES string of the molecule is COc1ccccc1CC1CCCCC(=O)C1. The number of methoxy groups -OCH3 is 1. The maximum absolute atomic E-state index is 11.6. The first-order chi connectivity index (χ1) is 8.29. The van der Waals surface area contributed by atoms with Crippen LogP contribution in [0.4, 0.5) is 0 Å². The highest BCUT2D eigenvalue weighted by molar-refractivity contribution is 5.78. The Bertz CT molecular complexity index is 384. The molecule has 2 nitrogen and oxygen atoms in total. The van der Waals surface area contributed by atoms with E-state index in [0.29, 0.717) is 11.7 Å². The number of carbonyl (C=O) groups is 1. The minimum atomic E-state index is 0.433. The second-order valence-corrected chi connectivity index (χ2v) is 4.87. The van der Waals surface area contributed by atoms with Crippen molar-refractivity contribution in [1.29, 1.82) is 0 Å². The van der Waals surface area contributed by atoms with Crippen LogP contribution < -0.4 is 4.74 Å². The lowest BCUT2D eigenvalue weighted by atomic mass is 9.92. The van der Waals surface area contributed by atoms with Crippen molar-refractivity contribution in [2.75, 3.05) is 7.11 Å². The van der Waals surface area contributed by atoms with Crippen molar-refractivity contribution >= 4 is 5.78 Å². The van der Waals surface area contributed by atoms with Crippen LogP contribution in [0, 0.1) is 5.92 Å². The molecule has 0 saturated heterocycles. The topological polar surface area (TPSA) is 26.3 Å². The minimum Gasteiger partial charge on any atom is -0.496 e. The van der Waals surface area contributed by atoms with Crippen LogP contribution in [0.3, 0.4) is 0 Å². The van der Waals surface area contributed by atoms with E-state index in [4.69, 9.17) is 4.74 Å². The number of rotatable bonds is 3. The molecule has 0 heterocycles. The zero-order valence-electron chi connectivity index (χ0n) is 10.4. The van der Waals surface area contributed by atoms with Gasteiger partial charge in [-0.3, -0.25) is 4.79 Å². The molecule has 1 aliphatic carbocycles. The van der Waals surface area contributed by atoms with Gasteiger partial charge in [0.05, 0.1) is 7.11 Å². The second kappa shape index (κ2) is 5.85. The van der Waals surface area contributed by atoms with Gasteiger partial charge in [0.1, 0.15) is 11.5 Å². The zero-order chi connectivity index (χ0) is 12.1. The summed E-state index contributed by atoms with van der Waals surface area (Å²) in [6.07, 6.45) is 5.92. The maximum Gasteiger partial charge on any atom is 0.133 e. The third-order valence-corrected chi connectivity index (χ3v) is 3.54. The van der Waals surface area contributed by atoms with E-state index in [9.17, 15) is 4.79 Å². The van der Waals surface area contributed by atoms with E-state index in [1.165, 1.54) is 18.4 Å². The largest absolute Gasteiger partial charge is 0.496 e. The molecular weight excluding hydrogens is 212 g/mol. The molecule has 2 rings (SSSR count). The Balaban J connectivity index is 2.06. The molecule has 2 heteroatoms. The van der Waals surface area contributed by atoms with Crippen molar-refractivity contribution in [2.45, 2.75) is 38.5 Å². The lowest BCUT2D eigenvalue weighted by Gasteiger charge is -2.15. The van der Waals surface area contributed by atoms with Gasteiger partial charge in [-0.25, -0.2) is 0 Å². The number of para-hydroxylation sites is 1. The minimum absolute atomic E-state index is 0.433. The fourth-order valence-electron chi connectivity index (χ4n) is 2.64. The molecule has 1 atom stereocenters. The third-order valence-electron chi connectivity index (χ3n) is 3.54. The van der Waals surface area contributed by atoms with Crippen LogP contribution >= 0.6 is 0 Å².